The molecule has 7 heteroatoms. The highest BCUT2D eigenvalue weighted by atomic mass is 79.9. The first-order valence-corrected chi connectivity index (χ1v) is 7.54. The van der Waals surface area contributed by atoms with Crippen molar-refractivity contribution in [3.63, 3.8) is 0 Å². The summed E-state index contributed by atoms with van der Waals surface area (Å²) in [5, 5.41) is 0. The maximum Gasteiger partial charge on any atom is 0.418 e. The quantitative estimate of drug-likeness (QED) is 0.767. The van der Waals surface area contributed by atoms with Crippen LogP contribution in [0.1, 0.15) is 12.0 Å². The van der Waals surface area contributed by atoms with Crippen LogP contribution in [0.4, 0.5) is 18.9 Å². The molecule has 1 heterocycles. The number of nitrogens with zero attached hydrogens (tertiary/aromatic N) is 1. The van der Waals surface area contributed by atoms with Crippen LogP contribution in [0.3, 0.4) is 0 Å². The predicted octanol–water partition coefficient (Wildman–Crippen LogP) is 3.97. The molecule has 0 saturated carbocycles. The van der Waals surface area contributed by atoms with E-state index in [0.717, 1.165) is 12.5 Å². The summed E-state index contributed by atoms with van der Waals surface area (Å²) in [4.78, 5) is 0. The Morgan fingerprint density at radius 3 is 2.41 bits per heavy atom. The lowest BCUT2D eigenvalue weighted by Gasteiger charge is -2.19. The van der Waals surface area contributed by atoms with E-state index >= 15 is 0 Å². The molecule has 0 amide bonds. The predicted molar refractivity (Wildman–Crippen MR) is 63.7 cm³/mol. The molecule has 0 aromatic heterocycles. The third kappa shape index (κ3) is 2.82. The van der Waals surface area contributed by atoms with Gasteiger partial charge >= 0.3 is 6.18 Å². The third-order valence-electron chi connectivity index (χ3n) is 2.46. The standard InChI is InChI=1S/C10H9BrF3NOS/c11-7-2-3-9(8(6-7)10(12,13)14)15-17(16)4-1-5-17/h2-3,6H,1,4-5H2. The molecule has 0 N–H and O–H groups in total. The summed E-state index contributed by atoms with van der Waals surface area (Å²) >= 11 is 2.99. The van der Waals surface area contributed by atoms with Gasteiger partial charge in [0.2, 0.25) is 0 Å². The average molecular weight is 328 g/mol. The van der Waals surface area contributed by atoms with Crippen LogP contribution in [0.25, 0.3) is 0 Å². The minimum atomic E-state index is -4.48. The topological polar surface area (TPSA) is 29.4 Å². The van der Waals surface area contributed by atoms with E-state index in [0.29, 0.717) is 16.0 Å². The minimum Gasteiger partial charge on any atom is -0.249 e. The molecule has 0 radical (unpaired) electrons. The molecule has 0 bridgehead atoms. The van der Waals surface area contributed by atoms with Crippen LogP contribution in [0.2, 0.25) is 0 Å². The Labute approximate surface area is 106 Å². The fourth-order valence-corrected chi connectivity index (χ4v) is 3.32. The van der Waals surface area contributed by atoms with Crippen molar-refractivity contribution in [1.82, 2.24) is 0 Å². The third-order valence-corrected chi connectivity index (χ3v) is 5.33. The van der Waals surface area contributed by atoms with Crippen LogP contribution in [-0.2, 0) is 15.9 Å². The largest absolute Gasteiger partial charge is 0.418 e. The first kappa shape index (κ1) is 12.9. The fraction of sp³-hybridized carbons (Fsp3) is 0.400. The number of rotatable bonds is 1. The van der Waals surface area contributed by atoms with Gasteiger partial charge in [-0.1, -0.05) is 15.9 Å². The van der Waals surface area contributed by atoms with E-state index in [-0.39, 0.29) is 5.69 Å². The SMILES string of the molecule is O=S1(=Nc2ccc(Br)cc2C(F)(F)F)CCC1. The van der Waals surface area contributed by atoms with Gasteiger partial charge in [-0.3, -0.25) is 0 Å². The maximum absolute atomic E-state index is 12.8. The Kier molecular flexibility index (Phi) is 3.24. The molecule has 1 aliphatic heterocycles. The molecule has 0 atom stereocenters. The Morgan fingerprint density at radius 1 is 1.29 bits per heavy atom. The van der Waals surface area contributed by atoms with Gasteiger partial charge in [-0.15, -0.1) is 0 Å². The summed E-state index contributed by atoms with van der Waals surface area (Å²) in [6, 6.07) is 3.67. The van der Waals surface area contributed by atoms with Gasteiger partial charge in [0, 0.05) is 16.0 Å². The van der Waals surface area contributed by atoms with E-state index in [4.69, 9.17) is 0 Å². The van der Waals surface area contributed by atoms with Crippen LogP contribution in [0, 0.1) is 0 Å². The molecule has 17 heavy (non-hydrogen) atoms. The van der Waals surface area contributed by atoms with Crippen molar-refractivity contribution in [2.45, 2.75) is 12.6 Å². The van der Waals surface area contributed by atoms with Crippen LogP contribution in [0.15, 0.2) is 27.0 Å². The first-order chi connectivity index (χ1) is 7.80. The van der Waals surface area contributed by atoms with Crippen molar-refractivity contribution in [2.75, 3.05) is 11.5 Å². The van der Waals surface area contributed by atoms with Crippen molar-refractivity contribution in [3.8, 4) is 0 Å². The molecule has 2 nitrogen and oxygen atoms in total. The minimum absolute atomic E-state index is 0.231. The highest BCUT2D eigenvalue weighted by molar-refractivity contribution is 9.10. The van der Waals surface area contributed by atoms with E-state index in [2.05, 4.69) is 20.3 Å². The Bertz CT molecular complexity index is 551. The van der Waals surface area contributed by atoms with Gasteiger partial charge in [-0.05, 0) is 24.6 Å². The summed E-state index contributed by atoms with van der Waals surface area (Å²) in [7, 11) is -2.43. The molecular weight excluding hydrogens is 319 g/mol. The number of hydrogen-bond donors (Lipinski definition) is 0. The molecular formula is C10H9BrF3NOS. The zero-order valence-corrected chi connectivity index (χ0v) is 11.0. The highest BCUT2D eigenvalue weighted by Crippen LogP contribution is 2.39. The summed E-state index contributed by atoms with van der Waals surface area (Å²) in [6.45, 7) is 0. The zero-order chi connectivity index (χ0) is 12.7. The molecule has 2 rings (SSSR count). The molecule has 1 aliphatic rings. The van der Waals surface area contributed by atoms with Gasteiger partial charge in [0.1, 0.15) is 0 Å². The van der Waals surface area contributed by atoms with Gasteiger partial charge in [0.05, 0.1) is 21.0 Å². The second kappa shape index (κ2) is 4.28. The van der Waals surface area contributed by atoms with Crippen molar-refractivity contribution in [1.29, 1.82) is 0 Å². The van der Waals surface area contributed by atoms with Crippen LogP contribution < -0.4 is 0 Å². The Morgan fingerprint density at radius 2 is 1.94 bits per heavy atom. The Hall–Kier alpha value is -0.560. The van der Waals surface area contributed by atoms with E-state index in [9.17, 15) is 17.4 Å². The van der Waals surface area contributed by atoms with Crippen LogP contribution in [0.5, 0.6) is 0 Å². The second-order valence-electron chi connectivity index (χ2n) is 3.78. The van der Waals surface area contributed by atoms with Crippen LogP contribution in [-0.4, -0.2) is 15.7 Å². The fourth-order valence-electron chi connectivity index (χ4n) is 1.48. The van der Waals surface area contributed by atoms with E-state index in [1.165, 1.54) is 12.1 Å². The molecule has 0 spiro atoms. The molecule has 1 aromatic carbocycles. The molecule has 1 aromatic rings. The van der Waals surface area contributed by atoms with Gasteiger partial charge in [-0.25, -0.2) is 4.21 Å². The molecule has 1 fully saturated rings. The van der Waals surface area contributed by atoms with Crippen molar-refractivity contribution < 1.29 is 17.4 Å². The van der Waals surface area contributed by atoms with Crippen LogP contribution >= 0.6 is 15.9 Å². The Balaban J connectivity index is 2.55. The summed E-state index contributed by atoms with van der Waals surface area (Å²) in [5.41, 5.74) is -1.08. The van der Waals surface area contributed by atoms with Crippen molar-refractivity contribution in [3.05, 3.63) is 28.2 Å². The maximum atomic E-state index is 12.8. The number of benzene rings is 1. The number of alkyl halides is 3. The monoisotopic (exact) mass is 327 g/mol. The molecule has 0 aliphatic carbocycles. The second-order valence-corrected chi connectivity index (χ2v) is 7.24. The molecule has 1 saturated heterocycles. The van der Waals surface area contributed by atoms with Gasteiger partial charge < -0.3 is 0 Å². The summed E-state index contributed by atoms with van der Waals surface area (Å²) < 4.78 is 54.2. The number of halogens is 4. The average Bonchev–Trinajstić information content (AvgIpc) is 2.17. The normalized spacial score (nSPS) is 18.6. The first-order valence-electron chi connectivity index (χ1n) is 4.89. The lowest BCUT2D eigenvalue weighted by molar-refractivity contribution is -0.137. The van der Waals surface area contributed by atoms with Crippen molar-refractivity contribution in [2.24, 2.45) is 4.36 Å². The van der Waals surface area contributed by atoms with Gasteiger partial charge in [-0.2, -0.15) is 17.5 Å². The molecule has 0 unspecified atom stereocenters. The van der Waals surface area contributed by atoms with Gasteiger partial charge in [0.15, 0.2) is 0 Å². The van der Waals surface area contributed by atoms with Crippen molar-refractivity contribution >= 4 is 31.3 Å². The summed E-state index contributed by atoms with van der Waals surface area (Å²) in [6.07, 6.45) is -3.72. The summed E-state index contributed by atoms with van der Waals surface area (Å²) in [5.74, 6) is 0.778. The number of hydrogen-bond acceptors (Lipinski definition) is 2. The van der Waals surface area contributed by atoms with E-state index < -0.39 is 21.5 Å². The van der Waals surface area contributed by atoms with E-state index in [1.807, 2.05) is 0 Å². The highest BCUT2D eigenvalue weighted by Gasteiger charge is 2.34. The zero-order valence-electron chi connectivity index (χ0n) is 8.63. The van der Waals surface area contributed by atoms with E-state index in [1.54, 1.807) is 0 Å². The molecule has 94 valence electrons. The smallest absolute Gasteiger partial charge is 0.249 e. The lowest BCUT2D eigenvalue weighted by Crippen LogP contribution is -2.23. The van der Waals surface area contributed by atoms with Gasteiger partial charge in [0.25, 0.3) is 0 Å². The lowest BCUT2D eigenvalue weighted by atomic mass is 10.2.